The number of aromatic nitrogens is 4. The van der Waals surface area contributed by atoms with Crippen molar-refractivity contribution in [1.29, 1.82) is 0 Å². The summed E-state index contributed by atoms with van der Waals surface area (Å²) in [5.41, 5.74) is 0.931. The number of hydrogen-bond acceptors (Lipinski definition) is 12. The van der Waals surface area contributed by atoms with Gasteiger partial charge in [-0.2, -0.15) is 0 Å². The van der Waals surface area contributed by atoms with Gasteiger partial charge in [-0.3, -0.25) is 10.1 Å². The highest BCUT2D eigenvalue weighted by atomic mass is 32.2. The number of nitrogens with zero attached hydrogens (tertiary/aromatic N) is 5. The second-order valence-electron chi connectivity index (χ2n) is 9.33. The Bertz CT molecular complexity index is 1650. The van der Waals surface area contributed by atoms with Gasteiger partial charge in [0.15, 0.2) is 33.1 Å². The van der Waals surface area contributed by atoms with Crippen LogP contribution in [0, 0.1) is 0 Å². The summed E-state index contributed by atoms with van der Waals surface area (Å²) in [7, 11) is -3.37. The third-order valence-corrected chi connectivity index (χ3v) is 9.52. The number of hydrogen-bond donors (Lipinski definition) is 2. The lowest BCUT2D eigenvalue weighted by atomic mass is 10.1. The van der Waals surface area contributed by atoms with Crippen molar-refractivity contribution < 1.29 is 22.8 Å². The van der Waals surface area contributed by atoms with Crippen LogP contribution in [0.3, 0.4) is 0 Å². The number of thiazole rings is 1. The summed E-state index contributed by atoms with van der Waals surface area (Å²) >= 11 is 1.20. The summed E-state index contributed by atoms with van der Waals surface area (Å²) in [4.78, 5) is 36.8. The molecule has 6 rings (SSSR count). The van der Waals surface area contributed by atoms with Gasteiger partial charge in [0.25, 0.3) is 5.91 Å². The Labute approximate surface area is 233 Å². The van der Waals surface area contributed by atoms with E-state index < -0.39 is 15.7 Å². The summed E-state index contributed by atoms with van der Waals surface area (Å²) in [6.45, 7) is 1.63. The molecule has 2 fully saturated rings. The van der Waals surface area contributed by atoms with Gasteiger partial charge in [-0.1, -0.05) is 28.6 Å². The molecular weight excluding hydrogens is 554 g/mol. The standard InChI is InChI=1S/C26H25N7O5S2/c34-24(32-26-30-20-8-9-22(31-25(20)39-26)38-17-10-13-27-14-17)23(33-37-15-21-28-11-1-12-29-21)16-2-4-18(5-3-16)40(35,36)19-6-7-19/h1-5,8-9,11-12,17,19,27H,6-7,10,13-15H2,(H,30,32,34)/t17-/m0/s1. The van der Waals surface area contributed by atoms with Gasteiger partial charge < -0.3 is 14.9 Å². The van der Waals surface area contributed by atoms with E-state index >= 15 is 0 Å². The number of oxime groups is 1. The average molecular weight is 580 g/mol. The minimum Gasteiger partial charge on any atom is -0.473 e. The molecule has 1 aliphatic carbocycles. The fraction of sp³-hybridized carbons (Fsp3) is 0.308. The first kappa shape index (κ1) is 26.2. The lowest BCUT2D eigenvalue weighted by Gasteiger charge is -2.10. The number of benzene rings is 1. The summed E-state index contributed by atoms with van der Waals surface area (Å²) in [5, 5.41) is 10.1. The van der Waals surface area contributed by atoms with Gasteiger partial charge in [-0.25, -0.2) is 28.4 Å². The molecule has 0 radical (unpaired) electrons. The topological polar surface area (TPSA) is 158 Å². The van der Waals surface area contributed by atoms with E-state index in [1.807, 2.05) is 0 Å². The molecule has 4 heterocycles. The van der Waals surface area contributed by atoms with Crippen molar-refractivity contribution in [3.05, 3.63) is 66.2 Å². The molecule has 1 amide bonds. The van der Waals surface area contributed by atoms with Gasteiger partial charge in [0.05, 0.1) is 10.1 Å². The fourth-order valence-corrected chi connectivity index (χ4v) is 6.61. The largest absolute Gasteiger partial charge is 0.473 e. The van der Waals surface area contributed by atoms with E-state index in [0.29, 0.717) is 45.6 Å². The average Bonchev–Trinajstić information content (AvgIpc) is 3.58. The number of carbonyl (C=O) groups is 1. The van der Waals surface area contributed by atoms with Gasteiger partial charge in [0, 0.05) is 30.6 Å². The molecule has 0 bridgehead atoms. The van der Waals surface area contributed by atoms with E-state index in [4.69, 9.17) is 9.57 Å². The first-order valence-electron chi connectivity index (χ1n) is 12.7. The molecule has 0 spiro atoms. The maximum absolute atomic E-state index is 13.4. The molecule has 4 aromatic rings. The zero-order valence-corrected chi connectivity index (χ0v) is 22.8. The van der Waals surface area contributed by atoms with Crippen LogP contribution in [0.2, 0.25) is 0 Å². The van der Waals surface area contributed by atoms with E-state index in [-0.39, 0.29) is 28.6 Å². The molecule has 1 saturated carbocycles. The van der Waals surface area contributed by atoms with E-state index in [1.165, 1.54) is 35.6 Å². The lowest BCUT2D eigenvalue weighted by Crippen LogP contribution is -2.24. The molecule has 2 aliphatic rings. The van der Waals surface area contributed by atoms with Crippen molar-refractivity contribution in [3.8, 4) is 5.88 Å². The lowest BCUT2D eigenvalue weighted by molar-refractivity contribution is -0.110. The van der Waals surface area contributed by atoms with Gasteiger partial charge in [0.1, 0.15) is 16.5 Å². The molecular formula is C26H25N7O5S2. The second-order valence-corrected chi connectivity index (χ2v) is 12.5. The van der Waals surface area contributed by atoms with Crippen LogP contribution in [0.5, 0.6) is 5.88 Å². The molecule has 1 aliphatic heterocycles. The molecule has 3 aromatic heterocycles. The van der Waals surface area contributed by atoms with E-state index in [1.54, 1.807) is 30.6 Å². The Morgan fingerprint density at radius 3 is 2.60 bits per heavy atom. The van der Waals surface area contributed by atoms with Gasteiger partial charge in [-0.15, -0.1) is 0 Å². The predicted octanol–water partition coefficient (Wildman–Crippen LogP) is 2.72. The minimum absolute atomic E-state index is 0.0590. The van der Waals surface area contributed by atoms with Crippen molar-refractivity contribution in [3.63, 3.8) is 0 Å². The van der Waals surface area contributed by atoms with Crippen molar-refractivity contribution >= 4 is 48.3 Å². The normalized spacial score (nSPS) is 17.6. The zero-order chi connectivity index (χ0) is 27.5. The van der Waals surface area contributed by atoms with Crippen LogP contribution in [0.15, 0.2) is 64.9 Å². The van der Waals surface area contributed by atoms with Crippen LogP contribution in [-0.2, 0) is 26.1 Å². The van der Waals surface area contributed by atoms with Gasteiger partial charge in [0.2, 0.25) is 5.88 Å². The summed E-state index contributed by atoms with van der Waals surface area (Å²) in [6.07, 6.45) is 5.46. The number of sulfone groups is 1. The molecule has 1 aromatic carbocycles. The van der Waals surface area contributed by atoms with Crippen LogP contribution < -0.4 is 15.4 Å². The molecule has 12 nitrogen and oxygen atoms in total. The van der Waals surface area contributed by atoms with Crippen LogP contribution in [0.1, 0.15) is 30.7 Å². The number of carbonyl (C=O) groups excluding carboxylic acids is 1. The number of rotatable bonds is 10. The Morgan fingerprint density at radius 1 is 1.07 bits per heavy atom. The van der Waals surface area contributed by atoms with Crippen LogP contribution in [0.4, 0.5) is 5.13 Å². The quantitative estimate of drug-likeness (QED) is 0.211. The van der Waals surface area contributed by atoms with Crippen molar-refractivity contribution in [2.45, 2.75) is 42.1 Å². The monoisotopic (exact) mass is 579 g/mol. The minimum atomic E-state index is -3.37. The Balaban J connectivity index is 1.22. The molecule has 0 unspecified atom stereocenters. The second kappa shape index (κ2) is 11.2. The molecule has 1 saturated heterocycles. The number of fused-ring (bicyclic) bond motifs is 1. The third kappa shape index (κ3) is 5.93. The SMILES string of the molecule is O=C(Nc1nc2ccc(O[C@H]3CCNC3)nc2s1)C(=NOCc1ncccn1)c1ccc(S(=O)(=O)C2CC2)cc1. The summed E-state index contributed by atoms with van der Waals surface area (Å²) in [5.74, 6) is 0.308. The summed E-state index contributed by atoms with van der Waals surface area (Å²) < 4.78 is 31.2. The third-order valence-electron chi connectivity index (χ3n) is 6.36. The van der Waals surface area contributed by atoms with Gasteiger partial charge in [-0.05, 0) is 50.1 Å². The number of nitrogens with one attached hydrogen (secondary N) is 2. The number of amides is 1. The highest BCUT2D eigenvalue weighted by Gasteiger charge is 2.36. The number of ether oxygens (including phenoxy) is 1. The van der Waals surface area contributed by atoms with Crippen LogP contribution >= 0.6 is 11.3 Å². The molecule has 14 heteroatoms. The van der Waals surface area contributed by atoms with Crippen molar-refractivity contribution in [1.82, 2.24) is 25.3 Å². The maximum Gasteiger partial charge on any atom is 0.280 e. The first-order chi connectivity index (χ1) is 19.5. The highest BCUT2D eigenvalue weighted by Crippen LogP contribution is 2.33. The smallest absolute Gasteiger partial charge is 0.280 e. The van der Waals surface area contributed by atoms with Crippen LogP contribution in [-0.4, -0.2) is 64.4 Å². The Hall–Kier alpha value is -4.01. The first-order valence-corrected chi connectivity index (χ1v) is 15.1. The molecule has 2 N–H and O–H groups in total. The molecule has 1 atom stereocenters. The van der Waals surface area contributed by atoms with E-state index in [0.717, 1.165) is 19.5 Å². The Kier molecular flexibility index (Phi) is 7.36. The Morgan fingerprint density at radius 2 is 1.88 bits per heavy atom. The van der Waals surface area contributed by atoms with Crippen molar-refractivity contribution in [2.75, 3.05) is 18.4 Å². The predicted molar refractivity (Wildman–Crippen MR) is 148 cm³/mol. The molecule has 40 heavy (non-hydrogen) atoms. The van der Waals surface area contributed by atoms with Crippen LogP contribution in [0.25, 0.3) is 10.3 Å². The number of pyridine rings is 1. The number of anilines is 1. The maximum atomic E-state index is 13.4. The fourth-order valence-electron chi connectivity index (χ4n) is 4.13. The van der Waals surface area contributed by atoms with E-state index in [9.17, 15) is 13.2 Å². The molecule has 206 valence electrons. The van der Waals surface area contributed by atoms with Gasteiger partial charge >= 0.3 is 0 Å². The highest BCUT2D eigenvalue weighted by molar-refractivity contribution is 7.92. The zero-order valence-electron chi connectivity index (χ0n) is 21.2. The van der Waals surface area contributed by atoms with Crippen molar-refractivity contribution in [2.24, 2.45) is 5.16 Å². The van der Waals surface area contributed by atoms with E-state index in [2.05, 4.69) is 35.7 Å². The summed E-state index contributed by atoms with van der Waals surface area (Å²) in [6, 6.07) is 11.3.